The third kappa shape index (κ3) is 6.10. The van der Waals surface area contributed by atoms with Gasteiger partial charge in [-0.25, -0.2) is 0 Å². The number of carbonyl (C=O) groups is 1. The summed E-state index contributed by atoms with van der Waals surface area (Å²) in [5.74, 6) is 0.312. The van der Waals surface area contributed by atoms with Gasteiger partial charge >= 0.3 is 5.97 Å². The molecule has 4 nitrogen and oxygen atoms in total. The summed E-state index contributed by atoms with van der Waals surface area (Å²) in [6.07, 6.45) is 4.98. The minimum atomic E-state index is -0.709. The standard InChI is InChI=1S/C23H29NO3/c25-23(26)12-5-15-24-16-13-20-10-4-11-22(21(20)14-17-24)27-18-6-9-19-7-2-1-3-8-19/h1-4,7-8,10-11H,5-6,9,12-18H2,(H,25,26). The molecule has 0 aromatic heterocycles. The van der Waals surface area contributed by atoms with E-state index in [1.165, 1.54) is 16.7 Å². The van der Waals surface area contributed by atoms with E-state index in [1.807, 2.05) is 6.07 Å². The van der Waals surface area contributed by atoms with E-state index in [9.17, 15) is 4.79 Å². The van der Waals surface area contributed by atoms with Crippen molar-refractivity contribution in [1.82, 2.24) is 4.90 Å². The SMILES string of the molecule is O=C(O)CCCN1CCc2cccc(OCCCc3ccccc3)c2CC1. The van der Waals surface area contributed by atoms with Crippen molar-refractivity contribution in [3.63, 3.8) is 0 Å². The number of aliphatic carboxylic acids is 1. The second-order valence-corrected chi connectivity index (χ2v) is 7.17. The van der Waals surface area contributed by atoms with Gasteiger partial charge in [-0.15, -0.1) is 0 Å². The zero-order valence-electron chi connectivity index (χ0n) is 15.9. The third-order valence-corrected chi connectivity index (χ3v) is 5.18. The molecular formula is C23H29NO3. The third-order valence-electron chi connectivity index (χ3n) is 5.18. The van der Waals surface area contributed by atoms with Gasteiger partial charge in [0.1, 0.15) is 5.75 Å². The Hall–Kier alpha value is -2.33. The van der Waals surface area contributed by atoms with Gasteiger partial charge in [0.25, 0.3) is 0 Å². The van der Waals surface area contributed by atoms with Crippen LogP contribution in [0.15, 0.2) is 48.5 Å². The summed E-state index contributed by atoms with van der Waals surface area (Å²) in [5, 5.41) is 8.82. The molecule has 2 aromatic carbocycles. The second-order valence-electron chi connectivity index (χ2n) is 7.17. The number of fused-ring (bicyclic) bond motifs is 1. The summed E-state index contributed by atoms with van der Waals surface area (Å²) in [7, 11) is 0. The highest BCUT2D eigenvalue weighted by Crippen LogP contribution is 2.26. The van der Waals surface area contributed by atoms with E-state index >= 15 is 0 Å². The number of aryl methyl sites for hydroxylation is 1. The number of hydrogen-bond acceptors (Lipinski definition) is 3. The van der Waals surface area contributed by atoms with Gasteiger partial charge in [-0.1, -0.05) is 42.5 Å². The number of carboxylic acids is 1. The molecule has 0 saturated heterocycles. The number of benzene rings is 2. The highest BCUT2D eigenvalue weighted by atomic mass is 16.5. The van der Waals surface area contributed by atoms with Gasteiger partial charge in [0.15, 0.2) is 0 Å². The summed E-state index contributed by atoms with van der Waals surface area (Å²) in [4.78, 5) is 13.1. The lowest BCUT2D eigenvalue weighted by Gasteiger charge is -2.19. The molecule has 0 amide bonds. The molecule has 3 rings (SSSR count). The first kappa shape index (κ1) is 19.4. The maximum atomic E-state index is 10.7. The minimum Gasteiger partial charge on any atom is -0.493 e. The predicted octanol–water partition coefficient (Wildman–Crippen LogP) is 3.96. The topological polar surface area (TPSA) is 49.8 Å². The first-order valence-electron chi connectivity index (χ1n) is 9.94. The molecule has 144 valence electrons. The quantitative estimate of drug-likeness (QED) is 0.682. The molecule has 0 bridgehead atoms. The Labute approximate surface area is 161 Å². The van der Waals surface area contributed by atoms with Crippen molar-refractivity contribution in [1.29, 1.82) is 0 Å². The lowest BCUT2D eigenvalue weighted by atomic mass is 10.0. The second kappa shape index (κ2) is 10.1. The Kier molecular flexibility index (Phi) is 7.28. The monoisotopic (exact) mass is 367 g/mol. The molecule has 27 heavy (non-hydrogen) atoms. The number of nitrogens with zero attached hydrogens (tertiary/aromatic N) is 1. The van der Waals surface area contributed by atoms with Crippen LogP contribution in [0.25, 0.3) is 0 Å². The van der Waals surface area contributed by atoms with Crippen LogP contribution in [0.1, 0.15) is 36.0 Å². The Bertz CT molecular complexity index is 730. The summed E-state index contributed by atoms with van der Waals surface area (Å²) in [5.41, 5.74) is 4.05. The molecule has 0 unspecified atom stereocenters. The van der Waals surface area contributed by atoms with Crippen LogP contribution >= 0.6 is 0 Å². The van der Waals surface area contributed by atoms with Crippen LogP contribution < -0.4 is 4.74 Å². The zero-order chi connectivity index (χ0) is 18.9. The highest BCUT2D eigenvalue weighted by Gasteiger charge is 2.17. The normalized spacial score (nSPS) is 14.4. The molecule has 0 saturated carbocycles. The van der Waals surface area contributed by atoms with Crippen molar-refractivity contribution in [2.24, 2.45) is 0 Å². The van der Waals surface area contributed by atoms with Crippen LogP contribution in [-0.2, 0) is 24.1 Å². The maximum absolute atomic E-state index is 10.7. The molecule has 0 radical (unpaired) electrons. The van der Waals surface area contributed by atoms with Crippen molar-refractivity contribution < 1.29 is 14.6 Å². The molecule has 0 spiro atoms. The Morgan fingerprint density at radius 2 is 1.81 bits per heavy atom. The average Bonchev–Trinajstić information content (AvgIpc) is 2.89. The Morgan fingerprint density at radius 3 is 2.63 bits per heavy atom. The minimum absolute atomic E-state index is 0.249. The van der Waals surface area contributed by atoms with E-state index in [4.69, 9.17) is 9.84 Å². The van der Waals surface area contributed by atoms with E-state index in [1.54, 1.807) is 0 Å². The molecule has 0 atom stereocenters. The van der Waals surface area contributed by atoms with Gasteiger partial charge in [-0.2, -0.15) is 0 Å². The van der Waals surface area contributed by atoms with Gasteiger partial charge in [0.05, 0.1) is 6.61 Å². The van der Waals surface area contributed by atoms with Gasteiger partial charge in [0, 0.05) is 19.5 Å². The van der Waals surface area contributed by atoms with Crippen LogP contribution in [0.5, 0.6) is 5.75 Å². The van der Waals surface area contributed by atoms with Gasteiger partial charge < -0.3 is 14.7 Å². The summed E-state index contributed by atoms with van der Waals surface area (Å²) in [6, 6.07) is 16.9. The fourth-order valence-corrected chi connectivity index (χ4v) is 3.71. The summed E-state index contributed by atoms with van der Waals surface area (Å²) >= 11 is 0. The van der Waals surface area contributed by atoms with Gasteiger partial charge in [-0.05, 0) is 61.4 Å². The number of rotatable bonds is 9. The largest absolute Gasteiger partial charge is 0.493 e. The van der Waals surface area contributed by atoms with E-state index in [0.29, 0.717) is 6.42 Å². The molecule has 1 heterocycles. The highest BCUT2D eigenvalue weighted by molar-refractivity contribution is 5.66. The smallest absolute Gasteiger partial charge is 0.303 e. The number of ether oxygens (including phenoxy) is 1. The van der Waals surface area contributed by atoms with E-state index < -0.39 is 5.97 Å². The van der Waals surface area contributed by atoms with Gasteiger partial charge in [0.2, 0.25) is 0 Å². The Morgan fingerprint density at radius 1 is 1.00 bits per heavy atom. The first-order valence-corrected chi connectivity index (χ1v) is 9.94. The predicted molar refractivity (Wildman–Crippen MR) is 107 cm³/mol. The lowest BCUT2D eigenvalue weighted by molar-refractivity contribution is -0.137. The van der Waals surface area contributed by atoms with Crippen LogP contribution in [-0.4, -0.2) is 42.2 Å². The van der Waals surface area contributed by atoms with Crippen LogP contribution in [0.4, 0.5) is 0 Å². The van der Waals surface area contributed by atoms with Crippen molar-refractivity contribution in [2.45, 2.75) is 38.5 Å². The fraction of sp³-hybridized carbons (Fsp3) is 0.435. The van der Waals surface area contributed by atoms with E-state index in [2.05, 4.69) is 47.4 Å². The molecule has 1 aliphatic heterocycles. The van der Waals surface area contributed by atoms with Crippen molar-refractivity contribution in [3.8, 4) is 5.75 Å². The number of hydrogen-bond donors (Lipinski definition) is 1. The summed E-state index contributed by atoms with van der Waals surface area (Å²) in [6.45, 7) is 3.54. The Balaban J connectivity index is 1.50. The molecule has 0 fully saturated rings. The average molecular weight is 367 g/mol. The van der Waals surface area contributed by atoms with E-state index in [0.717, 1.165) is 57.7 Å². The van der Waals surface area contributed by atoms with Crippen LogP contribution in [0.2, 0.25) is 0 Å². The summed E-state index contributed by atoms with van der Waals surface area (Å²) < 4.78 is 6.13. The van der Waals surface area contributed by atoms with Crippen molar-refractivity contribution >= 4 is 5.97 Å². The molecule has 4 heteroatoms. The van der Waals surface area contributed by atoms with Crippen molar-refractivity contribution in [3.05, 3.63) is 65.2 Å². The van der Waals surface area contributed by atoms with Gasteiger partial charge in [-0.3, -0.25) is 4.79 Å². The van der Waals surface area contributed by atoms with Crippen molar-refractivity contribution in [2.75, 3.05) is 26.2 Å². The van der Waals surface area contributed by atoms with Crippen LogP contribution in [0, 0.1) is 0 Å². The maximum Gasteiger partial charge on any atom is 0.303 e. The first-order chi connectivity index (χ1) is 13.2. The molecule has 2 aromatic rings. The van der Waals surface area contributed by atoms with Crippen LogP contribution in [0.3, 0.4) is 0 Å². The molecular weight excluding hydrogens is 338 g/mol. The molecule has 1 aliphatic rings. The zero-order valence-corrected chi connectivity index (χ0v) is 15.9. The number of carboxylic acid groups (broad SMARTS) is 1. The lowest BCUT2D eigenvalue weighted by Crippen LogP contribution is -2.27. The fourth-order valence-electron chi connectivity index (χ4n) is 3.71. The van der Waals surface area contributed by atoms with E-state index in [-0.39, 0.29) is 6.42 Å². The molecule has 1 N–H and O–H groups in total. The molecule has 0 aliphatic carbocycles.